The zero-order valence-corrected chi connectivity index (χ0v) is 22.3. The van der Waals surface area contributed by atoms with E-state index >= 15 is 0 Å². The van der Waals surface area contributed by atoms with Crippen LogP contribution >= 0.6 is 23.1 Å². The van der Waals surface area contributed by atoms with Gasteiger partial charge in [-0.25, -0.2) is 23.7 Å². The highest BCUT2D eigenvalue weighted by molar-refractivity contribution is 7.99. The fraction of sp³-hybridized carbons (Fsp3) is 0.423. The predicted molar refractivity (Wildman–Crippen MR) is 142 cm³/mol. The number of H-pyrrole nitrogens is 1. The Hall–Kier alpha value is -3.05. The normalized spacial score (nSPS) is 15.3. The van der Waals surface area contributed by atoms with Gasteiger partial charge in [-0.2, -0.15) is 0 Å². The summed E-state index contributed by atoms with van der Waals surface area (Å²) in [6.07, 6.45) is 10.8. The quantitative estimate of drug-likeness (QED) is 0.344. The Morgan fingerprint density at radius 2 is 2.03 bits per heavy atom. The number of fused-ring (bicyclic) bond motifs is 1. The average molecular weight is 542 g/mol. The van der Waals surface area contributed by atoms with E-state index in [-0.39, 0.29) is 33.9 Å². The van der Waals surface area contributed by atoms with Crippen LogP contribution < -0.4 is 11.2 Å². The third-order valence-corrected chi connectivity index (χ3v) is 8.94. The van der Waals surface area contributed by atoms with Gasteiger partial charge in [0.25, 0.3) is 5.56 Å². The number of rotatable bonds is 8. The summed E-state index contributed by atoms with van der Waals surface area (Å²) in [5.41, 5.74) is -1.19. The minimum absolute atomic E-state index is 0.0590. The largest absolute Gasteiger partial charge is 0.329 e. The van der Waals surface area contributed by atoms with E-state index in [1.807, 2.05) is 6.92 Å². The van der Waals surface area contributed by atoms with Gasteiger partial charge in [-0.1, -0.05) is 32.1 Å². The Labute approximate surface area is 221 Å². The molecule has 1 unspecified atom stereocenters. The number of Topliss-reactive ketones (excluding diaryl/α,β-unsaturated/α-hetero) is 1. The van der Waals surface area contributed by atoms with Gasteiger partial charge in [0.05, 0.1) is 22.2 Å². The number of carbonyl (C=O) groups excluding carboxylic acids is 1. The molecule has 5 rings (SSSR count). The lowest BCUT2D eigenvalue weighted by molar-refractivity contribution is -0.122. The molecule has 0 saturated heterocycles. The molecule has 1 N–H and O–H groups in total. The van der Waals surface area contributed by atoms with E-state index in [0.29, 0.717) is 16.6 Å². The first-order chi connectivity index (χ1) is 17.8. The highest BCUT2D eigenvalue weighted by atomic mass is 32.2. The molecule has 0 amide bonds. The van der Waals surface area contributed by atoms with Gasteiger partial charge in [0.15, 0.2) is 10.9 Å². The van der Waals surface area contributed by atoms with Gasteiger partial charge >= 0.3 is 5.69 Å². The number of ketones is 1. The van der Waals surface area contributed by atoms with E-state index in [0.717, 1.165) is 59.4 Å². The number of aromatic nitrogens is 5. The second kappa shape index (κ2) is 10.7. The average Bonchev–Trinajstić information content (AvgIpc) is 3.47. The molecule has 194 valence electrons. The van der Waals surface area contributed by atoms with Crippen molar-refractivity contribution in [1.82, 2.24) is 24.1 Å². The van der Waals surface area contributed by atoms with E-state index in [1.165, 1.54) is 17.4 Å². The molecule has 1 atom stereocenters. The van der Waals surface area contributed by atoms with Crippen molar-refractivity contribution in [2.45, 2.75) is 68.0 Å². The summed E-state index contributed by atoms with van der Waals surface area (Å²) in [4.78, 5) is 52.9. The summed E-state index contributed by atoms with van der Waals surface area (Å²) in [6.45, 7) is 1.92. The van der Waals surface area contributed by atoms with Gasteiger partial charge < -0.3 is 9.55 Å². The first-order valence-electron chi connectivity index (χ1n) is 12.4. The van der Waals surface area contributed by atoms with Crippen LogP contribution in [-0.2, 0) is 18.3 Å². The van der Waals surface area contributed by atoms with Crippen LogP contribution in [0.2, 0.25) is 0 Å². The number of benzene rings is 1. The van der Waals surface area contributed by atoms with Gasteiger partial charge in [-0.05, 0) is 43.2 Å². The summed E-state index contributed by atoms with van der Waals surface area (Å²) in [5.74, 6) is -0.524. The number of thiazole rings is 1. The molecule has 1 saturated carbocycles. The van der Waals surface area contributed by atoms with Crippen molar-refractivity contribution < 1.29 is 9.18 Å². The maximum Gasteiger partial charge on any atom is 0.329 e. The highest BCUT2D eigenvalue weighted by Crippen LogP contribution is 2.32. The second-order valence-corrected chi connectivity index (χ2v) is 11.9. The van der Waals surface area contributed by atoms with Crippen molar-refractivity contribution in [3.8, 4) is 0 Å². The molecule has 11 heteroatoms. The number of carbonyl (C=O) groups is 1. The van der Waals surface area contributed by atoms with Crippen molar-refractivity contribution in [2.24, 2.45) is 13.0 Å². The second-order valence-electron chi connectivity index (χ2n) is 9.62. The Bertz CT molecular complexity index is 1560. The molecular weight excluding hydrogens is 513 g/mol. The molecule has 1 aliphatic rings. The monoisotopic (exact) mass is 541 g/mol. The lowest BCUT2D eigenvalue weighted by atomic mass is 9.83. The number of imidazole rings is 1. The van der Waals surface area contributed by atoms with Crippen molar-refractivity contribution in [3.63, 3.8) is 0 Å². The zero-order chi connectivity index (χ0) is 26.1. The first kappa shape index (κ1) is 25.6. The zero-order valence-electron chi connectivity index (χ0n) is 20.7. The molecule has 1 aliphatic carbocycles. The van der Waals surface area contributed by atoms with Gasteiger partial charge in [0.2, 0.25) is 0 Å². The summed E-state index contributed by atoms with van der Waals surface area (Å²) in [7, 11) is 1.80. The molecule has 0 radical (unpaired) electrons. The van der Waals surface area contributed by atoms with E-state index in [2.05, 4.69) is 15.0 Å². The minimum atomic E-state index is -0.913. The van der Waals surface area contributed by atoms with Gasteiger partial charge in [0, 0.05) is 30.5 Å². The van der Waals surface area contributed by atoms with Crippen LogP contribution in [0.25, 0.3) is 10.9 Å². The molecule has 1 fully saturated rings. The van der Waals surface area contributed by atoms with E-state index in [9.17, 15) is 18.8 Å². The van der Waals surface area contributed by atoms with E-state index in [1.54, 1.807) is 30.2 Å². The molecule has 0 spiro atoms. The summed E-state index contributed by atoms with van der Waals surface area (Å²) >= 11 is 2.53. The van der Waals surface area contributed by atoms with Gasteiger partial charge in [0.1, 0.15) is 16.9 Å². The lowest BCUT2D eigenvalue weighted by Crippen LogP contribution is -2.42. The SMILES string of the molecule is Cc1cnc(CC(=O)C(CC2CCCCC2)n2c(=O)[nH]c3cc(F)c(Sc4nccn4C)cc3c2=O)s1. The fourth-order valence-corrected chi connectivity index (χ4v) is 6.66. The van der Waals surface area contributed by atoms with Crippen molar-refractivity contribution >= 4 is 39.8 Å². The third-order valence-electron chi connectivity index (χ3n) is 6.92. The summed E-state index contributed by atoms with van der Waals surface area (Å²) < 4.78 is 17.7. The number of aromatic amines is 1. The van der Waals surface area contributed by atoms with Gasteiger partial charge in [-0.15, -0.1) is 11.3 Å². The van der Waals surface area contributed by atoms with Crippen LogP contribution in [-0.4, -0.2) is 29.9 Å². The minimum Gasteiger partial charge on any atom is -0.329 e. The molecule has 8 nitrogen and oxygen atoms in total. The fourth-order valence-electron chi connectivity index (χ4n) is 5.01. The highest BCUT2D eigenvalue weighted by Gasteiger charge is 2.29. The van der Waals surface area contributed by atoms with Crippen LogP contribution in [0, 0.1) is 18.7 Å². The molecule has 3 heterocycles. The number of halogens is 1. The number of nitrogens with one attached hydrogen (secondary N) is 1. The Balaban J connectivity index is 1.57. The first-order valence-corrected chi connectivity index (χ1v) is 14.0. The Kier molecular flexibility index (Phi) is 7.43. The molecule has 1 aromatic carbocycles. The van der Waals surface area contributed by atoms with Crippen molar-refractivity contribution in [1.29, 1.82) is 0 Å². The maximum atomic E-state index is 14.9. The van der Waals surface area contributed by atoms with E-state index < -0.39 is 23.1 Å². The van der Waals surface area contributed by atoms with Gasteiger partial charge in [-0.3, -0.25) is 9.59 Å². The van der Waals surface area contributed by atoms with Crippen LogP contribution in [0.1, 0.15) is 54.5 Å². The standard InChI is InChI=1S/C26H28FN5O3S2/c1-15-14-29-23(36-15)13-21(33)20(10-16-6-4-3-5-7-16)32-24(34)17-11-22(37-26-28-8-9-31(26)2)18(27)12-19(17)30-25(32)35/h8-9,11-12,14,16,20H,3-7,10,13H2,1-2H3,(H,30,35). The van der Waals surface area contributed by atoms with Crippen molar-refractivity contribution in [3.05, 3.63) is 67.3 Å². The summed E-state index contributed by atoms with van der Waals surface area (Å²) in [6, 6.07) is 1.68. The smallest absolute Gasteiger partial charge is 0.329 e. The lowest BCUT2D eigenvalue weighted by Gasteiger charge is -2.26. The summed E-state index contributed by atoms with van der Waals surface area (Å²) in [5, 5.41) is 1.38. The molecule has 4 aromatic rings. The van der Waals surface area contributed by atoms with Crippen LogP contribution in [0.5, 0.6) is 0 Å². The molecule has 3 aromatic heterocycles. The van der Waals surface area contributed by atoms with Crippen molar-refractivity contribution in [2.75, 3.05) is 0 Å². The van der Waals surface area contributed by atoms with Crippen LogP contribution in [0.15, 0.2) is 50.4 Å². The van der Waals surface area contributed by atoms with Crippen LogP contribution in [0.3, 0.4) is 0 Å². The Morgan fingerprint density at radius 1 is 1.24 bits per heavy atom. The molecule has 0 bridgehead atoms. The maximum absolute atomic E-state index is 14.9. The topological polar surface area (TPSA) is 103 Å². The number of hydrogen-bond donors (Lipinski definition) is 1. The number of nitrogens with zero attached hydrogens (tertiary/aromatic N) is 4. The molecule has 37 heavy (non-hydrogen) atoms. The Morgan fingerprint density at radius 3 is 2.70 bits per heavy atom. The number of aryl methyl sites for hydroxylation is 2. The number of hydrogen-bond acceptors (Lipinski definition) is 7. The van der Waals surface area contributed by atoms with E-state index in [4.69, 9.17) is 0 Å². The third kappa shape index (κ3) is 5.47. The predicted octanol–water partition coefficient (Wildman–Crippen LogP) is 4.80. The van der Waals surface area contributed by atoms with Crippen LogP contribution in [0.4, 0.5) is 4.39 Å². The molecule has 0 aliphatic heterocycles. The molecular formula is C26H28FN5O3S2.